The molecule has 13 heavy (non-hydrogen) atoms. The molecule has 0 aliphatic heterocycles. The number of thiocarbonyl (C=S) groups is 1. The van der Waals surface area contributed by atoms with Gasteiger partial charge >= 0.3 is 0 Å². The van der Waals surface area contributed by atoms with E-state index in [9.17, 15) is 0 Å². The third-order valence-electron chi connectivity index (χ3n) is 2.87. The van der Waals surface area contributed by atoms with E-state index in [1.54, 1.807) is 0 Å². The van der Waals surface area contributed by atoms with Crippen LogP contribution in [0.1, 0.15) is 26.2 Å². The second kappa shape index (κ2) is 4.91. The molecule has 0 amide bonds. The summed E-state index contributed by atoms with van der Waals surface area (Å²) in [6.45, 7) is 4.32. The van der Waals surface area contributed by atoms with Crippen LogP contribution in [0.2, 0.25) is 0 Å². The minimum atomic E-state index is 0.347. The van der Waals surface area contributed by atoms with E-state index in [1.165, 1.54) is 25.8 Å². The summed E-state index contributed by atoms with van der Waals surface area (Å²) in [5.41, 5.74) is 5.57. The predicted molar refractivity (Wildman–Crippen MR) is 60.8 cm³/mol. The fourth-order valence-electron chi connectivity index (χ4n) is 1.75. The Labute approximate surface area is 86.5 Å². The minimum absolute atomic E-state index is 0.347. The van der Waals surface area contributed by atoms with Crippen molar-refractivity contribution in [3.63, 3.8) is 0 Å². The molecule has 0 radical (unpaired) electrons. The molecular weight excluding hydrogens is 180 g/mol. The highest BCUT2D eigenvalue weighted by Crippen LogP contribution is 2.26. The normalized spacial score (nSPS) is 19.9. The zero-order valence-corrected chi connectivity index (χ0v) is 9.44. The lowest BCUT2D eigenvalue weighted by molar-refractivity contribution is 0.199. The Bertz CT molecular complexity index is 178. The molecule has 0 aromatic rings. The maximum Gasteiger partial charge on any atom is 0.0768 e. The Morgan fingerprint density at radius 1 is 1.62 bits per heavy atom. The number of nitrogens with zero attached hydrogens (tertiary/aromatic N) is 1. The molecule has 2 nitrogen and oxygen atoms in total. The first-order valence-electron chi connectivity index (χ1n) is 5.07. The minimum Gasteiger partial charge on any atom is -0.393 e. The van der Waals surface area contributed by atoms with Gasteiger partial charge < -0.3 is 10.6 Å². The second-order valence-corrected chi connectivity index (χ2v) is 4.79. The monoisotopic (exact) mass is 200 g/mol. The first-order valence-corrected chi connectivity index (χ1v) is 5.48. The summed E-state index contributed by atoms with van der Waals surface area (Å²) in [6, 6.07) is 0. The van der Waals surface area contributed by atoms with Gasteiger partial charge in [-0.3, -0.25) is 0 Å². The quantitative estimate of drug-likeness (QED) is 0.684. The van der Waals surface area contributed by atoms with Gasteiger partial charge in [0.15, 0.2) is 0 Å². The highest BCUT2D eigenvalue weighted by Gasteiger charge is 2.19. The van der Waals surface area contributed by atoms with Crippen molar-refractivity contribution in [2.24, 2.45) is 17.6 Å². The highest BCUT2D eigenvalue weighted by molar-refractivity contribution is 7.80. The van der Waals surface area contributed by atoms with Crippen molar-refractivity contribution < 1.29 is 0 Å². The Balaban J connectivity index is 2.15. The summed E-state index contributed by atoms with van der Waals surface area (Å²) in [7, 11) is 2.16. The number of hydrogen-bond donors (Lipinski definition) is 1. The van der Waals surface area contributed by atoms with Crippen LogP contribution in [0.4, 0.5) is 0 Å². The van der Waals surface area contributed by atoms with Crippen molar-refractivity contribution >= 4 is 17.2 Å². The summed E-state index contributed by atoms with van der Waals surface area (Å²) >= 11 is 4.94. The van der Waals surface area contributed by atoms with E-state index in [2.05, 4.69) is 18.9 Å². The Hall–Kier alpha value is -0.150. The molecule has 0 heterocycles. The second-order valence-electron chi connectivity index (χ2n) is 4.32. The smallest absolute Gasteiger partial charge is 0.0768 e. The van der Waals surface area contributed by atoms with E-state index in [0.717, 1.165) is 12.5 Å². The van der Waals surface area contributed by atoms with E-state index in [4.69, 9.17) is 18.0 Å². The average Bonchev–Trinajstić information content (AvgIpc) is 1.96. The van der Waals surface area contributed by atoms with E-state index in [-0.39, 0.29) is 0 Å². The van der Waals surface area contributed by atoms with Gasteiger partial charge in [-0.2, -0.15) is 0 Å². The first kappa shape index (κ1) is 10.9. The molecule has 2 N–H and O–H groups in total. The van der Waals surface area contributed by atoms with E-state index in [1.807, 2.05) is 0 Å². The third kappa shape index (κ3) is 3.61. The first-order chi connectivity index (χ1) is 6.09. The van der Waals surface area contributed by atoms with Crippen molar-refractivity contribution in [1.29, 1.82) is 0 Å². The molecule has 0 bridgehead atoms. The van der Waals surface area contributed by atoms with Gasteiger partial charge in [0.1, 0.15) is 0 Å². The van der Waals surface area contributed by atoms with Crippen molar-refractivity contribution in [1.82, 2.24) is 4.90 Å². The van der Waals surface area contributed by atoms with Gasteiger partial charge in [0.05, 0.1) is 4.99 Å². The number of rotatable bonds is 5. The molecule has 1 unspecified atom stereocenters. The lowest BCUT2D eigenvalue weighted by atomic mass is 9.85. The largest absolute Gasteiger partial charge is 0.393 e. The molecule has 76 valence electrons. The highest BCUT2D eigenvalue weighted by atomic mass is 32.1. The van der Waals surface area contributed by atoms with Gasteiger partial charge in [-0.05, 0) is 25.8 Å². The van der Waals surface area contributed by atoms with Crippen LogP contribution in [0.5, 0.6) is 0 Å². The van der Waals surface area contributed by atoms with Gasteiger partial charge in [-0.1, -0.05) is 25.6 Å². The fraction of sp³-hybridized carbons (Fsp3) is 0.900. The van der Waals surface area contributed by atoms with Gasteiger partial charge in [0.2, 0.25) is 0 Å². The molecule has 0 aromatic heterocycles. The number of hydrogen-bond acceptors (Lipinski definition) is 2. The standard InChI is InChI=1S/C10H20N2S/c1-8(10(11)13)6-12(2)7-9-4-3-5-9/h8-9H,3-7H2,1-2H3,(H2,11,13). The molecule has 1 aliphatic carbocycles. The van der Waals surface area contributed by atoms with Gasteiger partial charge in [-0.15, -0.1) is 0 Å². The summed E-state index contributed by atoms with van der Waals surface area (Å²) < 4.78 is 0. The van der Waals surface area contributed by atoms with Crippen molar-refractivity contribution in [2.75, 3.05) is 20.1 Å². The van der Waals surface area contributed by atoms with Crippen LogP contribution in [-0.4, -0.2) is 30.0 Å². The van der Waals surface area contributed by atoms with Crippen LogP contribution >= 0.6 is 12.2 Å². The molecule has 0 spiro atoms. The van der Waals surface area contributed by atoms with Crippen LogP contribution < -0.4 is 5.73 Å². The van der Waals surface area contributed by atoms with Crippen molar-refractivity contribution in [2.45, 2.75) is 26.2 Å². The van der Waals surface area contributed by atoms with Gasteiger partial charge in [0, 0.05) is 19.0 Å². The molecule has 1 saturated carbocycles. The van der Waals surface area contributed by atoms with Gasteiger partial charge in [0.25, 0.3) is 0 Å². The van der Waals surface area contributed by atoms with Crippen LogP contribution in [-0.2, 0) is 0 Å². The van der Waals surface area contributed by atoms with Crippen LogP contribution in [0, 0.1) is 11.8 Å². The van der Waals surface area contributed by atoms with Crippen LogP contribution in [0.3, 0.4) is 0 Å². The fourth-order valence-corrected chi connectivity index (χ4v) is 1.82. The summed E-state index contributed by atoms with van der Waals surface area (Å²) in [5, 5.41) is 0. The van der Waals surface area contributed by atoms with E-state index < -0.39 is 0 Å². The molecule has 3 heteroatoms. The van der Waals surface area contributed by atoms with Crippen molar-refractivity contribution in [3.05, 3.63) is 0 Å². The lowest BCUT2D eigenvalue weighted by Crippen LogP contribution is -2.35. The van der Waals surface area contributed by atoms with E-state index >= 15 is 0 Å². The van der Waals surface area contributed by atoms with Crippen LogP contribution in [0.25, 0.3) is 0 Å². The predicted octanol–water partition coefficient (Wildman–Crippen LogP) is 1.64. The molecule has 1 atom stereocenters. The van der Waals surface area contributed by atoms with E-state index in [0.29, 0.717) is 10.9 Å². The Kier molecular flexibility index (Phi) is 4.13. The molecule has 1 fully saturated rings. The molecular formula is C10H20N2S. The molecule has 1 aliphatic rings. The zero-order valence-electron chi connectivity index (χ0n) is 8.62. The SMILES string of the molecule is CC(CN(C)CC1CCC1)C(N)=S. The van der Waals surface area contributed by atoms with Gasteiger partial charge in [-0.25, -0.2) is 0 Å². The Morgan fingerprint density at radius 3 is 2.62 bits per heavy atom. The third-order valence-corrected chi connectivity index (χ3v) is 3.27. The average molecular weight is 200 g/mol. The number of nitrogens with two attached hydrogens (primary N) is 1. The molecule has 1 rings (SSSR count). The summed E-state index contributed by atoms with van der Waals surface area (Å²) in [4.78, 5) is 2.99. The maximum absolute atomic E-state index is 5.57. The zero-order chi connectivity index (χ0) is 9.84. The molecule has 0 saturated heterocycles. The Morgan fingerprint density at radius 2 is 2.23 bits per heavy atom. The molecule has 0 aromatic carbocycles. The van der Waals surface area contributed by atoms with Crippen LogP contribution in [0.15, 0.2) is 0 Å². The summed E-state index contributed by atoms with van der Waals surface area (Å²) in [6.07, 6.45) is 4.24. The maximum atomic E-state index is 5.57. The lowest BCUT2D eigenvalue weighted by Gasteiger charge is -2.31. The van der Waals surface area contributed by atoms with Crippen molar-refractivity contribution in [3.8, 4) is 0 Å². The summed E-state index contributed by atoms with van der Waals surface area (Å²) in [5.74, 6) is 1.28. The topological polar surface area (TPSA) is 29.3 Å².